The highest BCUT2D eigenvalue weighted by Gasteiger charge is 2.10. The number of carbonyl (C=O) groups is 1. The molecule has 11 heavy (non-hydrogen) atoms. The molecule has 0 aromatic carbocycles. The molecule has 0 radical (unpaired) electrons. The molecule has 0 aliphatic heterocycles. The lowest BCUT2D eigenvalue weighted by Crippen LogP contribution is -2.04. The molecule has 1 rings (SSSR count). The summed E-state index contributed by atoms with van der Waals surface area (Å²) in [6.07, 6.45) is 6.15. The molecule has 0 N–H and O–H groups in total. The summed E-state index contributed by atoms with van der Waals surface area (Å²) in [5.41, 5.74) is 2.28. The lowest BCUT2D eigenvalue weighted by molar-refractivity contribution is -0.116. The molecule has 2 heteroatoms. The Bertz CT molecular complexity index is 172. The van der Waals surface area contributed by atoms with Gasteiger partial charge < -0.3 is 0 Å². The van der Waals surface area contributed by atoms with Crippen LogP contribution in [0.3, 0.4) is 0 Å². The normalized spacial score (nSPS) is 24.8. The van der Waals surface area contributed by atoms with Gasteiger partial charge in [0, 0.05) is 17.5 Å². The predicted octanol–water partition coefficient (Wildman–Crippen LogP) is 3.03. The molecule has 0 spiro atoms. The van der Waals surface area contributed by atoms with E-state index >= 15 is 0 Å². The van der Waals surface area contributed by atoms with Crippen molar-refractivity contribution >= 4 is 17.4 Å². The van der Waals surface area contributed by atoms with E-state index in [1.165, 1.54) is 18.4 Å². The molecule has 0 aromatic heterocycles. The number of carbonyl (C=O) groups excluding carboxylic acids is 1. The maximum absolute atomic E-state index is 11.2. The van der Waals surface area contributed by atoms with Crippen molar-refractivity contribution in [3.05, 3.63) is 11.1 Å². The molecule has 0 unspecified atom stereocenters. The molecule has 0 atom stereocenters. The maximum Gasteiger partial charge on any atom is 0.159 e. The second-order valence-electron chi connectivity index (χ2n) is 2.97. The van der Waals surface area contributed by atoms with Crippen LogP contribution in [-0.4, -0.2) is 5.78 Å². The van der Waals surface area contributed by atoms with Crippen LogP contribution >= 0.6 is 11.6 Å². The van der Waals surface area contributed by atoms with Gasteiger partial charge in [-0.05, 0) is 19.3 Å². The largest absolute Gasteiger partial charge is 0.295 e. The van der Waals surface area contributed by atoms with E-state index in [-0.39, 0.29) is 5.78 Å². The highest BCUT2D eigenvalue weighted by Crippen LogP contribution is 2.19. The predicted molar refractivity (Wildman–Crippen MR) is 46.6 cm³/mol. The van der Waals surface area contributed by atoms with Crippen LogP contribution in [0.4, 0.5) is 0 Å². The first-order chi connectivity index (χ1) is 5.34. The van der Waals surface area contributed by atoms with Gasteiger partial charge in [0.05, 0.1) is 0 Å². The molecule has 1 nitrogen and oxygen atoms in total. The zero-order valence-corrected chi connectivity index (χ0v) is 7.36. The van der Waals surface area contributed by atoms with Crippen molar-refractivity contribution in [2.24, 2.45) is 0 Å². The third kappa shape index (κ3) is 2.66. The Balaban J connectivity index is 2.53. The maximum atomic E-state index is 11.2. The van der Waals surface area contributed by atoms with Crippen LogP contribution in [0.15, 0.2) is 11.1 Å². The molecular weight excluding hydrogens is 160 g/mol. The molecule has 1 aliphatic rings. The van der Waals surface area contributed by atoms with Gasteiger partial charge in [-0.1, -0.05) is 24.4 Å². The zero-order valence-electron chi connectivity index (χ0n) is 6.61. The van der Waals surface area contributed by atoms with Gasteiger partial charge in [0.15, 0.2) is 5.78 Å². The van der Waals surface area contributed by atoms with E-state index in [2.05, 4.69) is 0 Å². The number of Topliss-reactive ketones (excluding diaryl/α,β-unsaturated/α-hetero) is 1. The molecule has 1 saturated carbocycles. The molecule has 0 saturated heterocycles. The van der Waals surface area contributed by atoms with Crippen molar-refractivity contribution in [1.29, 1.82) is 0 Å². The smallest absolute Gasteiger partial charge is 0.159 e. The minimum Gasteiger partial charge on any atom is -0.295 e. The van der Waals surface area contributed by atoms with E-state index in [1.807, 2.05) is 0 Å². The fraction of sp³-hybridized carbons (Fsp3) is 0.667. The third-order valence-corrected chi connectivity index (χ3v) is 2.35. The quantitative estimate of drug-likeness (QED) is 0.514. The van der Waals surface area contributed by atoms with Gasteiger partial charge in [-0.25, -0.2) is 0 Å². The summed E-state index contributed by atoms with van der Waals surface area (Å²) in [4.78, 5) is 11.2. The summed E-state index contributed by atoms with van der Waals surface area (Å²) in [5.74, 6) is 0.250. The second-order valence-corrected chi connectivity index (χ2v) is 3.19. The Morgan fingerprint density at radius 2 is 1.73 bits per heavy atom. The summed E-state index contributed by atoms with van der Waals surface area (Å²) in [6, 6.07) is 0. The van der Waals surface area contributed by atoms with Crippen molar-refractivity contribution in [3.63, 3.8) is 0 Å². The SMILES string of the molecule is O=C1CCCCCC/C1=C\Cl. The number of halogens is 1. The number of hydrogen-bond donors (Lipinski definition) is 0. The van der Waals surface area contributed by atoms with E-state index in [9.17, 15) is 4.79 Å². The highest BCUT2D eigenvalue weighted by atomic mass is 35.5. The lowest BCUT2D eigenvalue weighted by Gasteiger charge is -2.09. The summed E-state index contributed by atoms with van der Waals surface area (Å²) >= 11 is 5.52. The highest BCUT2D eigenvalue weighted by molar-refractivity contribution is 6.27. The van der Waals surface area contributed by atoms with Crippen LogP contribution in [0.2, 0.25) is 0 Å². The van der Waals surface area contributed by atoms with Crippen molar-refractivity contribution in [1.82, 2.24) is 0 Å². The molecular formula is C9H13ClO. The van der Waals surface area contributed by atoms with Crippen LogP contribution in [0, 0.1) is 0 Å². The van der Waals surface area contributed by atoms with Crippen LogP contribution in [0.5, 0.6) is 0 Å². The van der Waals surface area contributed by atoms with E-state index in [4.69, 9.17) is 11.6 Å². The Kier molecular flexibility index (Phi) is 3.64. The number of hydrogen-bond acceptors (Lipinski definition) is 1. The fourth-order valence-electron chi connectivity index (χ4n) is 1.37. The molecule has 62 valence electrons. The van der Waals surface area contributed by atoms with Gasteiger partial charge in [0.1, 0.15) is 0 Å². The molecule has 0 heterocycles. The van der Waals surface area contributed by atoms with Crippen molar-refractivity contribution < 1.29 is 4.79 Å². The first-order valence-corrected chi connectivity index (χ1v) is 4.60. The summed E-state index contributed by atoms with van der Waals surface area (Å²) in [5, 5.41) is 0. The number of allylic oxidation sites excluding steroid dienone is 1. The number of ketones is 1. The van der Waals surface area contributed by atoms with E-state index < -0.39 is 0 Å². The topological polar surface area (TPSA) is 17.1 Å². The van der Waals surface area contributed by atoms with Gasteiger partial charge in [0.2, 0.25) is 0 Å². The summed E-state index contributed by atoms with van der Waals surface area (Å²) < 4.78 is 0. The third-order valence-electron chi connectivity index (χ3n) is 2.09. The Morgan fingerprint density at radius 3 is 2.36 bits per heavy atom. The van der Waals surface area contributed by atoms with Crippen LogP contribution < -0.4 is 0 Å². The van der Waals surface area contributed by atoms with Crippen molar-refractivity contribution in [2.75, 3.05) is 0 Å². The van der Waals surface area contributed by atoms with Crippen LogP contribution in [0.1, 0.15) is 38.5 Å². The lowest BCUT2D eigenvalue weighted by atomic mass is 9.96. The Hall–Kier alpha value is -0.300. The number of rotatable bonds is 0. The van der Waals surface area contributed by atoms with Crippen LogP contribution in [0.25, 0.3) is 0 Å². The molecule has 1 aliphatic carbocycles. The van der Waals surface area contributed by atoms with Crippen molar-refractivity contribution in [3.8, 4) is 0 Å². The molecule has 0 aromatic rings. The summed E-state index contributed by atoms with van der Waals surface area (Å²) in [6.45, 7) is 0. The molecule has 0 bridgehead atoms. The molecule has 1 fully saturated rings. The van der Waals surface area contributed by atoms with E-state index in [1.54, 1.807) is 0 Å². The average molecular weight is 173 g/mol. The van der Waals surface area contributed by atoms with E-state index in [0.717, 1.165) is 24.8 Å². The first kappa shape index (κ1) is 8.79. The second kappa shape index (κ2) is 4.55. The first-order valence-electron chi connectivity index (χ1n) is 4.17. The standard InChI is InChI=1S/C9H13ClO/c10-7-8-5-3-1-2-4-6-9(8)11/h7H,1-6H2/b8-7+. The van der Waals surface area contributed by atoms with Crippen molar-refractivity contribution in [2.45, 2.75) is 38.5 Å². The van der Waals surface area contributed by atoms with Crippen LogP contribution in [-0.2, 0) is 4.79 Å². The monoisotopic (exact) mass is 172 g/mol. The van der Waals surface area contributed by atoms with Gasteiger partial charge in [-0.2, -0.15) is 0 Å². The van der Waals surface area contributed by atoms with Gasteiger partial charge in [0.25, 0.3) is 0 Å². The Labute approximate surface area is 72.4 Å². The minimum atomic E-state index is 0.250. The van der Waals surface area contributed by atoms with Gasteiger partial charge in [-0.15, -0.1) is 0 Å². The zero-order chi connectivity index (χ0) is 8.10. The molecule has 0 amide bonds. The summed E-state index contributed by atoms with van der Waals surface area (Å²) in [7, 11) is 0. The Morgan fingerprint density at radius 1 is 1.09 bits per heavy atom. The minimum absolute atomic E-state index is 0.250. The van der Waals surface area contributed by atoms with Gasteiger partial charge in [-0.3, -0.25) is 4.79 Å². The van der Waals surface area contributed by atoms with E-state index in [0.29, 0.717) is 6.42 Å². The average Bonchev–Trinajstić information content (AvgIpc) is 1.98. The van der Waals surface area contributed by atoms with Gasteiger partial charge >= 0.3 is 0 Å². The fourth-order valence-corrected chi connectivity index (χ4v) is 1.60.